The van der Waals surface area contributed by atoms with Gasteiger partial charge in [0.2, 0.25) is 0 Å². The molecule has 0 aliphatic carbocycles. The van der Waals surface area contributed by atoms with Gasteiger partial charge in [0.25, 0.3) is 5.56 Å². The van der Waals surface area contributed by atoms with Crippen molar-refractivity contribution in [2.24, 2.45) is 4.99 Å². The Morgan fingerprint density at radius 2 is 1.81 bits per heavy atom. The van der Waals surface area contributed by atoms with Crippen LogP contribution in [0, 0.1) is 0 Å². The van der Waals surface area contributed by atoms with Crippen LogP contribution in [0.4, 0.5) is 0 Å². The van der Waals surface area contributed by atoms with Crippen LogP contribution >= 0.6 is 11.3 Å². The molecule has 5 rings (SSSR count). The van der Waals surface area contributed by atoms with Crippen LogP contribution in [0.3, 0.4) is 0 Å². The highest BCUT2D eigenvalue weighted by molar-refractivity contribution is 7.07. The summed E-state index contributed by atoms with van der Waals surface area (Å²) in [5.74, 6) is 0.957. The second kappa shape index (κ2) is 13.1. The van der Waals surface area contributed by atoms with E-state index in [1.165, 1.54) is 11.3 Å². The molecule has 3 aromatic carbocycles. The predicted octanol–water partition coefficient (Wildman–Crippen LogP) is 5.63. The number of ether oxygens (including phenoxy) is 3. The first-order chi connectivity index (χ1) is 20.9. The van der Waals surface area contributed by atoms with Gasteiger partial charge in [0.1, 0.15) is 6.61 Å². The molecule has 0 fully saturated rings. The van der Waals surface area contributed by atoms with E-state index in [0.717, 1.165) is 22.3 Å². The van der Waals surface area contributed by atoms with Gasteiger partial charge in [-0.05, 0) is 47.7 Å². The molecule has 220 valence electrons. The number of carbonyl (C=O) groups is 1. The summed E-state index contributed by atoms with van der Waals surface area (Å²) in [6, 6.07) is 22.3. The highest BCUT2D eigenvalue weighted by atomic mass is 32.1. The standard InChI is InChI=1S/C35H34N2O5S/c1-6-19-42-27-18-13-23(20-28(27)40-5)21-29-33(38)37-32(26-16-14-24(15-17-26)22(3)4)30(34(39)41-7-2)31(36-35(37)43-29)25-11-9-8-10-12-25/h6,8-18,20-22,32H,1,7,19H2,2-5H3/b29-21-/t32-/m0/s1. The third-order valence-corrected chi connectivity index (χ3v) is 8.12. The number of rotatable bonds is 10. The van der Waals surface area contributed by atoms with Gasteiger partial charge in [-0.25, -0.2) is 9.79 Å². The summed E-state index contributed by atoms with van der Waals surface area (Å²) in [6.07, 6.45) is 3.47. The van der Waals surface area contributed by atoms with Crippen LogP contribution in [-0.4, -0.2) is 30.9 Å². The molecule has 1 aromatic heterocycles. The van der Waals surface area contributed by atoms with Crippen molar-refractivity contribution in [3.63, 3.8) is 0 Å². The zero-order chi connectivity index (χ0) is 30.5. The lowest BCUT2D eigenvalue weighted by molar-refractivity contribution is -0.138. The maximum atomic E-state index is 14.1. The summed E-state index contributed by atoms with van der Waals surface area (Å²) in [7, 11) is 1.57. The molecule has 0 bridgehead atoms. The van der Waals surface area contributed by atoms with Gasteiger partial charge in [0, 0.05) is 5.56 Å². The van der Waals surface area contributed by atoms with Crippen LogP contribution in [0.15, 0.2) is 101 Å². The van der Waals surface area contributed by atoms with Gasteiger partial charge < -0.3 is 14.2 Å². The Bertz CT molecular complexity index is 1850. The fourth-order valence-corrected chi connectivity index (χ4v) is 6.01. The Balaban J connectivity index is 1.75. The van der Waals surface area contributed by atoms with E-state index < -0.39 is 12.0 Å². The normalized spacial score (nSPS) is 14.7. The van der Waals surface area contributed by atoms with Gasteiger partial charge in [-0.1, -0.05) is 98.5 Å². The van der Waals surface area contributed by atoms with Gasteiger partial charge in [-0.3, -0.25) is 9.36 Å². The Hall–Kier alpha value is -4.69. The second-order valence-electron chi connectivity index (χ2n) is 10.3. The molecule has 43 heavy (non-hydrogen) atoms. The van der Waals surface area contributed by atoms with E-state index in [0.29, 0.717) is 44.6 Å². The Morgan fingerprint density at radius 3 is 2.47 bits per heavy atom. The van der Waals surface area contributed by atoms with Crippen LogP contribution in [0.2, 0.25) is 0 Å². The van der Waals surface area contributed by atoms with E-state index in [1.807, 2.05) is 66.7 Å². The summed E-state index contributed by atoms with van der Waals surface area (Å²) in [5.41, 5.74) is 4.07. The van der Waals surface area contributed by atoms with Crippen LogP contribution in [-0.2, 0) is 9.53 Å². The van der Waals surface area contributed by atoms with Gasteiger partial charge in [-0.2, -0.15) is 0 Å². The average Bonchev–Trinajstić information content (AvgIpc) is 3.34. The van der Waals surface area contributed by atoms with Gasteiger partial charge >= 0.3 is 5.97 Å². The minimum absolute atomic E-state index is 0.197. The fraction of sp³-hybridized carbons (Fsp3) is 0.229. The third-order valence-electron chi connectivity index (χ3n) is 7.13. The van der Waals surface area contributed by atoms with Crippen molar-refractivity contribution in [2.75, 3.05) is 20.3 Å². The Kier molecular flexibility index (Phi) is 9.07. The third kappa shape index (κ3) is 6.10. The summed E-state index contributed by atoms with van der Waals surface area (Å²) in [5, 5.41) is 0. The number of thiazole rings is 1. The molecule has 0 saturated heterocycles. The molecule has 1 aliphatic rings. The van der Waals surface area contributed by atoms with Crippen molar-refractivity contribution < 1.29 is 19.0 Å². The van der Waals surface area contributed by atoms with Crippen LogP contribution in [0.25, 0.3) is 11.8 Å². The Morgan fingerprint density at radius 1 is 1.07 bits per heavy atom. The lowest BCUT2D eigenvalue weighted by Crippen LogP contribution is -2.40. The first kappa shape index (κ1) is 29.8. The summed E-state index contributed by atoms with van der Waals surface area (Å²) < 4.78 is 18.8. The SMILES string of the molecule is C=CCOc1ccc(/C=c2\sc3n(c2=O)[C@@H](c2ccc(C(C)C)cc2)C(C(=O)OCC)=C(c2ccccc2)N=3)cc1OC. The number of hydrogen-bond donors (Lipinski definition) is 0. The quantitative estimate of drug-likeness (QED) is 0.176. The van der Waals surface area contributed by atoms with Crippen molar-refractivity contribution in [1.82, 2.24) is 4.57 Å². The van der Waals surface area contributed by atoms with Crippen molar-refractivity contribution in [3.05, 3.63) is 133 Å². The molecular weight excluding hydrogens is 560 g/mol. The van der Waals surface area contributed by atoms with Gasteiger partial charge in [-0.15, -0.1) is 0 Å². The summed E-state index contributed by atoms with van der Waals surface area (Å²) in [4.78, 5) is 33.2. The van der Waals surface area contributed by atoms with E-state index in [-0.39, 0.29) is 12.2 Å². The molecule has 0 amide bonds. The van der Waals surface area contributed by atoms with Crippen molar-refractivity contribution in [3.8, 4) is 11.5 Å². The molecule has 2 heterocycles. The minimum Gasteiger partial charge on any atom is -0.493 e. The highest BCUT2D eigenvalue weighted by Crippen LogP contribution is 2.35. The molecule has 1 aliphatic heterocycles. The maximum absolute atomic E-state index is 14.1. The molecular formula is C35H34N2O5S. The highest BCUT2D eigenvalue weighted by Gasteiger charge is 2.35. The number of aromatic nitrogens is 1. The maximum Gasteiger partial charge on any atom is 0.338 e. The van der Waals surface area contributed by atoms with Crippen molar-refractivity contribution in [1.29, 1.82) is 0 Å². The lowest BCUT2D eigenvalue weighted by atomic mass is 9.91. The van der Waals surface area contributed by atoms with Crippen LogP contribution in [0.5, 0.6) is 11.5 Å². The van der Waals surface area contributed by atoms with E-state index in [9.17, 15) is 9.59 Å². The largest absolute Gasteiger partial charge is 0.493 e. The topological polar surface area (TPSA) is 79.1 Å². The number of nitrogens with zero attached hydrogens (tertiary/aromatic N) is 2. The zero-order valence-corrected chi connectivity index (χ0v) is 25.5. The van der Waals surface area contributed by atoms with Gasteiger partial charge in [0.05, 0.1) is 35.6 Å². The monoisotopic (exact) mass is 594 g/mol. The first-order valence-electron chi connectivity index (χ1n) is 14.2. The molecule has 7 nitrogen and oxygen atoms in total. The smallest absolute Gasteiger partial charge is 0.338 e. The van der Waals surface area contributed by atoms with E-state index in [2.05, 4.69) is 20.4 Å². The first-order valence-corrected chi connectivity index (χ1v) is 15.0. The van der Waals surface area contributed by atoms with E-state index in [4.69, 9.17) is 19.2 Å². The molecule has 4 aromatic rings. The molecule has 0 saturated carbocycles. The van der Waals surface area contributed by atoms with E-state index >= 15 is 0 Å². The molecule has 8 heteroatoms. The molecule has 0 N–H and O–H groups in total. The number of carbonyl (C=O) groups excluding carboxylic acids is 1. The molecule has 0 radical (unpaired) electrons. The fourth-order valence-electron chi connectivity index (χ4n) is 5.01. The number of esters is 1. The number of hydrogen-bond acceptors (Lipinski definition) is 7. The molecule has 1 atom stereocenters. The van der Waals surface area contributed by atoms with Crippen LogP contribution < -0.4 is 24.4 Å². The Labute approximate surface area is 254 Å². The predicted molar refractivity (Wildman–Crippen MR) is 170 cm³/mol. The van der Waals surface area contributed by atoms with Crippen LogP contribution in [0.1, 0.15) is 55.0 Å². The van der Waals surface area contributed by atoms with E-state index in [1.54, 1.807) is 36.8 Å². The summed E-state index contributed by atoms with van der Waals surface area (Å²) >= 11 is 1.28. The van der Waals surface area contributed by atoms with Crippen molar-refractivity contribution in [2.45, 2.75) is 32.7 Å². The van der Waals surface area contributed by atoms with Gasteiger partial charge in [0.15, 0.2) is 16.3 Å². The minimum atomic E-state index is -0.724. The molecule has 0 spiro atoms. The second-order valence-corrected chi connectivity index (χ2v) is 11.3. The zero-order valence-electron chi connectivity index (χ0n) is 24.7. The van der Waals surface area contributed by atoms with Crippen molar-refractivity contribution >= 4 is 29.1 Å². The molecule has 0 unspecified atom stereocenters. The lowest BCUT2D eigenvalue weighted by Gasteiger charge is -2.26. The number of methoxy groups -OCH3 is 1. The summed E-state index contributed by atoms with van der Waals surface area (Å²) in [6.45, 7) is 10.3. The average molecular weight is 595 g/mol. The number of fused-ring (bicyclic) bond motifs is 1. The number of benzene rings is 3.